The summed E-state index contributed by atoms with van der Waals surface area (Å²) in [5.74, 6) is 0. The Morgan fingerprint density at radius 2 is 2.21 bits per heavy atom. The van der Waals surface area contributed by atoms with Crippen molar-refractivity contribution < 1.29 is 13.5 Å². The molecule has 0 aliphatic carbocycles. The van der Waals surface area contributed by atoms with Crippen LogP contribution in [0.4, 0.5) is 0 Å². The maximum atomic E-state index is 12.5. The van der Waals surface area contributed by atoms with Crippen LogP contribution in [0.25, 0.3) is 0 Å². The van der Waals surface area contributed by atoms with Crippen LogP contribution in [-0.4, -0.2) is 37.0 Å². The van der Waals surface area contributed by atoms with Crippen molar-refractivity contribution in [2.45, 2.75) is 30.8 Å². The number of benzene rings is 1. The van der Waals surface area contributed by atoms with Gasteiger partial charge in [0.05, 0.1) is 22.6 Å². The molecule has 0 amide bonds. The number of sulfonamides is 1. The van der Waals surface area contributed by atoms with Crippen LogP contribution in [0.1, 0.15) is 24.0 Å². The van der Waals surface area contributed by atoms with Crippen LogP contribution in [0.3, 0.4) is 0 Å². The molecule has 0 spiro atoms. The van der Waals surface area contributed by atoms with Gasteiger partial charge in [-0.2, -0.15) is 9.57 Å². The molecule has 6 heteroatoms. The quantitative estimate of drug-likeness (QED) is 0.876. The molecule has 2 rings (SSSR count). The zero-order valence-electron chi connectivity index (χ0n) is 10.7. The number of aliphatic hydroxyl groups excluding tert-OH is 1. The zero-order valence-corrected chi connectivity index (χ0v) is 11.5. The number of aryl methyl sites for hydroxylation is 1. The molecule has 1 aromatic rings. The van der Waals surface area contributed by atoms with E-state index in [4.69, 9.17) is 5.26 Å². The van der Waals surface area contributed by atoms with Gasteiger partial charge in [0.1, 0.15) is 0 Å². The number of aliphatic hydroxyl groups is 1. The summed E-state index contributed by atoms with van der Waals surface area (Å²) in [6.07, 6.45) is 0.670. The van der Waals surface area contributed by atoms with Gasteiger partial charge in [-0.1, -0.05) is 6.07 Å². The molecule has 1 fully saturated rings. The van der Waals surface area contributed by atoms with Crippen molar-refractivity contribution in [3.05, 3.63) is 29.3 Å². The first-order valence-corrected chi connectivity index (χ1v) is 7.58. The molecule has 1 aliphatic rings. The number of nitriles is 1. The second kappa shape index (κ2) is 5.29. The Labute approximate surface area is 113 Å². The molecule has 0 saturated carbocycles. The Balaban J connectivity index is 2.42. The summed E-state index contributed by atoms with van der Waals surface area (Å²) in [4.78, 5) is 0.153. The smallest absolute Gasteiger partial charge is 0.243 e. The van der Waals surface area contributed by atoms with E-state index >= 15 is 0 Å². The number of rotatable bonds is 2. The van der Waals surface area contributed by atoms with Crippen LogP contribution < -0.4 is 0 Å². The summed E-state index contributed by atoms with van der Waals surface area (Å²) >= 11 is 0. The van der Waals surface area contributed by atoms with Crippen LogP contribution in [-0.2, 0) is 10.0 Å². The Hall–Kier alpha value is -1.42. The van der Waals surface area contributed by atoms with Gasteiger partial charge in [-0.05, 0) is 37.5 Å². The number of nitrogens with zero attached hydrogens (tertiary/aromatic N) is 2. The summed E-state index contributed by atoms with van der Waals surface area (Å²) < 4.78 is 26.4. The Morgan fingerprint density at radius 1 is 1.47 bits per heavy atom. The molecule has 0 aromatic heterocycles. The first kappa shape index (κ1) is 14.0. The first-order valence-electron chi connectivity index (χ1n) is 6.14. The van der Waals surface area contributed by atoms with Gasteiger partial charge in [-0.3, -0.25) is 0 Å². The molecule has 0 radical (unpaired) electrons. The molecule has 1 aromatic carbocycles. The van der Waals surface area contributed by atoms with Crippen molar-refractivity contribution in [3.63, 3.8) is 0 Å². The fraction of sp³-hybridized carbons (Fsp3) is 0.462. The average molecular weight is 280 g/mol. The maximum absolute atomic E-state index is 12.5. The van der Waals surface area contributed by atoms with E-state index in [1.54, 1.807) is 19.1 Å². The maximum Gasteiger partial charge on any atom is 0.243 e. The number of hydrogen-bond acceptors (Lipinski definition) is 4. The third kappa shape index (κ3) is 2.78. The molecule has 1 saturated heterocycles. The lowest BCUT2D eigenvalue weighted by molar-refractivity contribution is 0.108. The summed E-state index contributed by atoms with van der Waals surface area (Å²) in [5.41, 5.74) is 0.931. The fourth-order valence-corrected chi connectivity index (χ4v) is 3.99. The molecule has 1 atom stereocenters. The highest BCUT2D eigenvalue weighted by Crippen LogP contribution is 2.24. The van der Waals surface area contributed by atoms with Crippen molar-refractivity contribution in [2.75, 3.05) is 13.1 Å². The van der Waals surface area contributed by atoms with E-state index in [-0.39, 0.29) is 11.4 Å². The third-order valence-corrected chi connectivity index (χ3v) is 5.30. The lowest BCUT2D eigenvalue weighted by atomic mass is 10.1. The van der Waals surface area contributed by atoms with Crippen LogP contribution in [0, 0.1) is 18.3 Å². The normalized spacial score (nSPS) is 21.0. The lowest BCUT2D eigenvalue weighted by Crippen LogP contribution is -2.42. The minimum Gasteiger partial charge on any atom is -0.392 e. The molecule has 5 nitrogen and oxygen atoms in total. The van der Waals surface area contributed by atoms with Gasteiger partial charge in [0.2, 0.25) is 10.0 Å². The van der Waals surface area contributed by atoms with Gasteiger partial charge >= 0.3 is 0 Å². The molecule has 1 aliphatic heterocycles. The van der Waals surface area contributed by atoms with Crippen molar-refractivity contribution >= 4 is 10.0 Å². The topological polar surface area (TPSA) is 81.4 Å². The molecule has 1 heterocycles. The van der Waals surface area contributed by atoms with Crippen LogP contribution in [0.2, 0.25) is 0 Å². The van der Waals surface area contributed by atoms with Crippen LogP contribution in [0.15, 0.2) is 23.1 Å². The van der Waals surface area contributed by atoms with Crippen molar-refractivity contribution in [1.82, 2.24) is 4.31 Å². The Kier molecular flexibility index (Phi) is 3.90. The highest BCUT2D eigenvalue weighted by atomic mass is 32.2. The van der Waals surface area contributed by atoms with Gasteiger partial charge in [0.25, 0.3) is 0 Å². The Bertz CT molecular complexity index is 619. The van der Waals surface area contributed by atoms with Crippen molar-refractivity contribution in [2.24, 2.45) is 0 Å². The van der Waals surface area contributed by atoms with Crippen LogP contribution in [0.5, 0.6) is 0 Å². The predicted octanol–water partition coefficient (Wildman–Crippen LogP) is 1.01. The third-order valence-electron chi connectivity index (χ3n) is 3.29. The van der Waals surface area contributed by atoms with E-state index in [1.807, 2.05) is 6.07 Å². The zero-order chi connectivity index (χ0) is 14.0. The first-order chi connectivity index (χ1) is 8.95. The van der Waals surface area contributed by atoms with E-state index in [9.17, 15) is 13.5 Å². The second-order valence-corrected chi connectivity index (χ2v) is 6.66. The highest BCUT2D eigenvalue weighted by Gasteiger charge is 2.30. The summed E-state index contributed by atoms with van der Waals surface area (Å²) in [5, 5.41) is 18.5. The van der Waals surface area contributed by atoms with Gasteiger partial charge < -0.3 is 5.11 Å². The SMILES string of the molecule is Cc1ccc(C#N)cc1S(=O)(=O)N1CCCC(O)C1. The average Bonchev–Trinajstić information content (AvgIpc) is 2.39. The van der Waals surface area contributed by atoms with E-state index in [0.29, 0.717) is 30.5 Å². The summed E-state index contributed by atoms with van der Waals surface area (Å²) in [7, 11) is -3.64. The molecular weight excluding hydrogens is 264 g/mol. The van der Waals surface area contributed by atoms with Gasteiger partial charge in [0.15, 0.2) is 0 Å². The minimum atomic E-state index is -3.64. The second-order valence-electron chi connectivity index (χ2n) is 4.75. The number of hydrogen-bond donors (Lipinski definition) is 1. The van der Waals surface area contributed by atoms with Gasteiger partial charge in [-0.15, -0.1) is 0 Å². The van der Waals surface area contributed by atoms with E-state index < -0.39 is 16.1 Å². The van der Waals surface area contributed by atoms with Gasteiger partial charge in [-0.25, -0.2) is 8.42 Å². The monoisotopic (exact) mass is 280 g/mol. The molecule has 1 unspecified atom stereocenters. The minimum absolute atomic E-state index is 0.124. The number of β-amino-alcohol motifs (C(OH)–C–C–N with tert-alkyl or cyclic N) is 1. The number of piperidine rings is 1. The molecule has 102 valence electrons. The van der Waals surface area contributed by atoms with E-state index in [0.717, 1.165) is 0 Å². The molecule has 0 bridgehead atoms. The molecular formula is C13H16N2O3S. The van der Waals surface area contributed by atoms with Crippen molar-refractivity contribution in [3.8, 4) is 6.07 Å². The molecule has 19 heavy (non-hydrogen) atoms. The van der Waals surface area contributed by atoms with Crippen LogP contribution >= 0.6 is 0 Å². The Morgan fingerprint density at radius 3 is 2.84 bits per heavy atom. The predicted molar refractivity (Wildman–Crippen MR) is 69.9 cm³/mol. The standard InChI is InChI=1S/C13H16N2O3S/c1-10-4-5-11(8-14)7-13(10)19(17,18)15-6-2-3-12(16)9-15/h4-5,7,12,16H,2-3,6,9H2,1H3. The highest BCUT2D eigenvalue weighted by molar-refractivity contribution is 7.89. The largest absolute Gasteiger partial charge is 0.392 e. The fourth-order valence-electron chi connectivity index (χ4n) is 2.23. The van der Waals surface area contributed by atoms with Crippen molar-refractivity contribution in [1.29, 1.82) is 5.26 Å². The summed E-state index contributed by atoms with van der Waals surface area (Å²) in [6, 6.07) is 6.57. The van der Waals surface area contributed by atoms with Gasteiger partial charge in [0, 0.05) is 13.1 Å². The van der Waals surface area contributed by atoms with E-state index in [1.165, 1.54) is 10.4 Å². The lowest BCUT2D eigenvalue weighted by Gasteiger charge is -2.29. The van der Waals surface area contributed by atoms with E-state index in [2.05, 4.69) is 0 Å². The molecule has 1 N–H and O–H groups in total. The summed E-state index contributed by atoms with van der Waals surface area (Å²) in [6.45, 7) is 2.24.